The van der Waals surface area contributed by atoms with E-state index in [0.29, 0.717) is 38.8 Å². The Morgan fingerprint density at radius 2 is 1.59 bits per heavy atom. The second kappa shape index (κ2) is 17.9. The molecular formula is C40H51N3O8. The van der Waals surface area contributed by atoms with Gasteiger partial charge in [0.2, 0.25) is 11.8 Å². The maximum Gasteiger partial charge on any atom is 0.323 e. The van der Waals surface area contributed by atoms with E-state index >= 15 is 0 Å². The number of aliphatic hydroxyl groups is 1. The zero-order valence-electron chi connectivity index (χ0n) is 29.8. The van der Waals surface area contributed by atoms with E-state index in [2.05, 4.69) is 10.2 Å². The molecule has 0 aliphatic carbocycles. The van der Waals surface area contributed by atoms with Crippen molar-refractivity contribution in [3.8, 4) is 11.1 Å². The normalized spacial score (nSPS) is 20.9. The zero-order chi connectivity index (χ0) is 36.4. The molecule has 3 aromatic carbocycles. The van der Waals surface area contributed by atoms with Crippen LogP contribution >= 0.6 is 0 Å². The Balaban J connectivity index is 1.28. The van der Waals surface area contributed by atoms with Crippen molar-refractivity contribution in [1.29, 1.82) is 0 Å². The van der Waals surface area contributed by atoms with Gasteiger partial charge in [0.1, 0.15) is 11.6 Å². The second-order valence-electron chi connectivity index (χ2n) is 14.3. The third-order valence-electron chi connectivity index (χ3n) is 9.27. The number of rotatable bonds is 14. The summed E-state index contributed by atoms with van der Waals surface area (Å²) in [4.78, 5) is 38.9. The number of nitrogens with zero attached hydrogens (tertiary/aromatic N) is 1. The summed E-state index contributed by atoms with van der Waals surface area (Å²) in [5.41, 5.74) is 6.70. The SMILES string of the molecule is CC(C)(C)OC(=O)[C@@H]1CCCN1C[C@@H]1C[C@H](c2ccc(CO)cc2)O[C@H](c2ccc(-c3ccccc3CNC(=O)CCCCC(=O)NO)cc2)O1. The standard InChI is InChI=1S/C40H51N3O8/c1-40(2,3)51-38(47)34-11-8-22-43(34)25-32-23-35(29-16-14-27(26-44)15-17-29)50-39(49-32)30-20-18-28(19-21-30)33-10-5-4-9-31(33)24-41-36(45)12-6-7-13-37(46)42-48/h4-5,9-10,14-21,32,34-35,39,44,48H,6-8,11-13,22-26H2,1-3H3,(H,41,45)(H,42,46)/t32-,34-,35+,39+/m0/s1. The van der Waals surface area contributed by atoms with Crippen LogP contribution in [0.1, 0.15) is 100 Å². The number of hydroxylamine groups is 1. The minimum absolute atomic E-state index is 0.0313. The largest absolute Gasteiger partial charge is 0.459 e. The fraction of sp³-hybridized carbons (Fsp3) is 0.475. The van der Waals surface area contributed by atoms with Gasteiger partial charge in [-0.05, 0) is 80.8 Å². The van der Waals surface area contributed by atoms with Crippen molar-refractivity contribution in [3.05, 3.63) is 95.1 Å². The van der Waals surface area contributed by atoms with Crippen LogP contribution in [0.2, 0.25) is 0 Å². The van der Waals surface area contributed by atoms with Gasteiger partial charge < -0.3 is 24.6 Å². The molecule has 3 aromatic rings. The van der Waals surface area contributed by atoms with Crippen LogP contribution in [0.15, 0.2) is 72.8 Å². The zero-order valence-corrected chi connectivity index (χ0v) is 29.8. The predicted octanol–water partition coefficient (Wildman–Crippen LogP) is 5.88. The fourth-order valence-corrected chi connectivity index (χ4v) is 6.66. The van der Waals surface area contributed by atoms with Crippen molar-refractivity contribution >= 4 is 17.8 Å². The molecule has 5 rings (SSSR count). The van der Waals surface area contributed by atoms with Crippen LogP contribution in [0.4, 0.5) is 0 Å². The molecule has 2 aliphatic rings. The Morgan fingerprint density at radius 3 is 2.27 bits per heavy atom. The van der Waals surface area contributed by atoms with E-state index in [4.69, 9.17) is 19.4 Å². The second-order valence-corrected chi connectivity index (χ2v) is 14.3. The van der Waals surface area contributed by atoms with Crippen LogP contribution < -0.4 is 10.8 Å². The molecule has 2 amide bonds. The Morgan fingerprint density at radius 1 is 0.902 bits per heavy atom. The molecule has 274 valence electrons. The van der Waals surface area contributed by atoms with Crippen LogP contribution in [0.3, 0.4) is 0 Å². The number of nitrogens with one attached hydrogen (secondary N) is 2. The lowest BCUT2D eigenvalue weighted by atomic mass is 9.97. The van der Waals surface area contributed by atoms with E-state index in [1.165, 1.54) is 0 Å². The first-order valence-corrected chi connectivity index (χ1v) is 17.9. The lowest BCUT2D eigenvalue weighted by Crippen LogP contribution is -2.45. The number of likely N-dealkylation sites (tertiary alicyclic amines) is 1. The third kappa shape index (κ3) is 10.9. The molecule has 0 aromatic heterocycles. The predicted molar refractivity (Wildman–Crippen MR) is 191 cm³/mol. The van der Waals surface area contributed by atoms with Crippen molar-refractivity contribution in [2.45, 2.75) is 109 Å². The molecule has 51 heavy (non-hydrogen) atoms. The molecule has 11 heteroatoms. The van der Waals surface area contributed by atoms with Gasteiger partial charge in [-0.15, -0.1) is 0 Å². The van der Waals surface area contributed by atoms with E-state index in [1.807, 2.05) is 93.6 Å². The minimum atomic E-state index is -0.638. The van der Waals surface area contributed by atoms with Crippen LogP contribution in [0, 0.1) is 0 Å². The highest BCUT2D eigenvalue weighted by atomic mass is 16.7. The van der Waals surface area contributed by atoms with E-state index in [0.717, 1.165) is 52.8 Å². The van der Waals surface area contributed by atoms with Crippen molar-refractivity contribution in [2.24, 2.45) is 0 Å². The van der Waals surface area contributed by atoms with Crippen molar-refractivity contribution < 1.29 is 38.9 Å². The molecule has 4 atom stereocenters. The lowest BCUT2D eigenvalue weighted by molar-refractivity contribution is -0.253. The number of carbonyl (C=O) groups is 3. The topological polar surface area (TPSA) is 147 Å². The molecule has 0 bridgehead atoms. The van der Waals surface area contributed by atoms with Crippen molar-refractivity contribution in [1.82, 2.24) is 15.7 Å². The molecule has 2 fully saturated rings. The van der Waals surface area contributed by atoms with E-state index < -0.39 is 17.8 Å². The third-order valence-corrected chi connectivity index (χ3v) is 9.27. The van der Waals surface area contributed by atoms with Gasteiger partial charge in [-0.1, -0.05) is 72.8 Å². The number of hydrogen-bond donors (Lipinski definition) is 4. The summed E-state index contributed by atoms with van der Waals surface area (Å²) in [7, 11) is 0. The Labute approximate surface area is 300 Å². The van der Waals surface area contributed by atoms with Gasteiger partial charge in [0.15, 0.2) is 6.29 Å². The maximum atomic E-state index is 13.1. The van der Waals surface area contributed by atoms with Crippen LogP contribution in [0.5, 0.6) is 0 Å². The highest BCUT2D eigenvalue weighted by molar-refractivity contribution is 5.77. The van der Waals surface area contributed by atoms with Gasteiger partial charge >= 0.3 is 5.97 Å². The summed E-state index contributed by atoms with van der Waals surface area (Å²) in [6, 6.07) is 23.5. The number of ether oxygens (including phenoxy) is 3. The quantitative estimate of drug-likeness (QED) is 0.0701. The number of carbonyl (C=O) groups excluding carboxylic acids is 3. The van der Waals surface area contributed by atoms with Gasteiger partial charge in [0.05, 0.1) is 18.8 Å². The molecular weight excluding hydrogens is 650 g/mol. The number of hydrogen-bond acceptors (Lipinski definition) is 9. The van der Waals surface area contributed by atoms with Crippen molar-refractivity contribution in [2.75, 3.05) is 13.1 Å². The number of unbranched alkanes of at least 4 members (excludes halogenated alkanes) is 1. The summed E-state index contributed by atoms with van der Waals surface area (Å²) >= 11 is 0. The monoisotopic (exact) mass is 701 g/mol. The Bertz CT molecular complexity index is 1610. The van der Waals surface area contributed by atoms with Crippen LogP contribution in [-0.2, 0) is 41.7 Å². The smallest absolute Gasteiger partial charge is 0.323 e. The fourth-order valence-electron chi connectivity index (χ4n) is 6.66. The lowest BCUT2D eigenvalue weighted by Gasteiger charge is -2.38. The van der Waals surface area contributed by atoms with Crippen LogP contribution in [-0.4, -0.2) is 63.8 Å². The average Bonchev–Trinajstić information content (AvgIpc) is 3.60. The first kappa shape index (κ1) is 38.1. The van der Waals surface area contributed by atoms with Crippen LogP contribution in [0.25, 0.3) is 11.1 Å². The molecule has 0 saturated carbocycles. The number of amides is 2. The molecule has 4 N–H and O–H groups in total. The summed E-state index contributed by atoms with van der Waals surface area (Å²) in [6.07, 6.45) is 2.72. The molecule has 11 nitrogen and oxygen atoms in total. The number of esters is 1. The maximum absolute atomic E-state index is 13.1. The molecule has 0 spiro atoms. The summed E-state index contributed by atoms with van der Waals surface area (Å²) < 4.78 is 19.0. The number of aliphatic hydroxyl groups excluding tert-OH is 1. The Hall–Kier alpha value is -4.13. The molecule has 2 aliphatic heterocycles. The Kier molecular flexibility index (Phi) is 13.4. The van der Waals surface area contributed by atoms with Crippen molar-refractivity contribution in [3.63, 3.8) is 0 Å². The van der Waals surface area contributed by atoms with Gasteiger partial charge in [0, 0.05) is 37.9 Å². The molecule has 2 saturated heterocycles. The van der Waals surface area contributed by atoms with E-state index in [1.54, 1.807) is 5.48 Å². The summed E-state index contributed by atoms with van der Waals surface area (Å²) in [6.45, 7) is 7.37. The van der Waals surface area contributed by atoms with Gasteiger partial charge in [-0.3, -0.25) is 24.5 Å². The summed E-state index contributed by atoms with van der Waals surface area (Å²) in [5.74, 6) is -0.752. The van der Waals surface area contributed by atoms with Gasteiger partial charge in [-0.2, -0.15) is 0 Å². The first-order chi connectivity index (χ1) is 24.5. The summed E-state index contributed by atoms with van der Waals surface area (Å²) in [5, 5.41) is 21.2. The van der Waals surface area contributed by atoms with E-state index in [-0.39, 0.29) is 43.2 Å². The molecule has 2 heterocycles. The molecule has 0 unspecified atom stereocenters. The van der Waals surface area contributed by atoms with E-state index in [9.17, 15) is 19.5 Å². The average molecular weight is 702 g/mol. The van der Waals surface area contributed by atoms with Gasteiger partial charge in [0.25, 0.3) is 0 Å². The first-order valence-electron chi connectivity index (χ1n) is 17.9. The minimum Gasteiger partial charge on any atom is -0.459 e. The van der Waals surface area contributed by atoms with Gasteiger partial charge in [-0.25, -0.2) is 5.48 Å². The number of benzene rings is 3. The molecule has 0 radical (unpaired) electrons. The highest BCUT2D eigenvalue weighted by Gasteiger charge is 2.39. The highest BCUT2D eigenvalue weighted by Crippen LogP contribution is 2.39.